The van der Waals surface area contributed by atoms with Crippen molar-refractivity contribution in [1.29, 1.82) is 0 Å². The maximum absolute atomic E-state index is 11.1. The number of rotatable bonds is 8. The van der Waals surface area contributed by atoms with Crippen LogP contribution in [0.4, 0.5) is 0 Å². The Morgan fingerprint density at radius 1 is 0.353 bits per heavy atom. The first-order valence-electron chi connectivity index (χ1n) is 16.4. The van der Waals surface area contributed by atoms with E-state index in [1.807, 2.05) is 24.3 Å². The van der Waals surface area contributed by atoms with Gasteiger partial charge < -0.3 is 10.2 Å². The van der Waals surface area contributed by atoms with E-state index in [0.717, 1.165) is 21.0 Å². The summed E-state index contributed by atoms with van der Waals surface area (Å²) in [5.74, 6) is 0.992. The molecule has 0 spiro atoms. The molecule has 0 aliphatic carbocycles. The third-order valence-corrected chi connectivity index (χ3v) is 17.2. The summed E-state index contributed by atoms with van der Waals surface area (Å²) in [4.78, 5) is 0. The Labute approximate surface area is 341 Å². The molecule has 0 atom stereocenters. The molecule has 0 amide bonds. The van der Waals surface area contributed by atoms with E-state index in [-0.39, 0.29) is 51.0 Å². The van der Waals surface area contributed by atoms with Crippen molar-refractivity contribution in [1.82, 2.24) is 0 Å². The first-order valence-corrected chi connectivity index (χ1v) is 26.1. The molecule has 2 N–H and O–H groups in total. The van der Waals surface area contributed by atoms with Crippen molar-refractivity contribution >= 4 is 99.0 Å². The number of hydrogen-bond acceptors (Lipinski definition) is 2. The first-order chi connectivity index (χ1) is 23.0. The van der Waals surface area contributed by atoms with E-state index in [1.54, 1.807) is 0 Å². The molecule has 51 heavy (non-hydrogen) atoms. The summed E-state index contributed by atoms with van der Waals surface area (Å²) in [6, 6.07) is 54.7. The summed E-state index contributed by atoms with van der Waals surface area (Å²) in [6.07, 6.45) is 0. The van der Waals surface area contributed by atoms with E-state index < -0.39 is 32.0 Å². The monoisotopic (exact) mass is 862 g/mol. The number of phenolic OH excluding ortho intramolecular Hbond substituents is 2. The molecule has 6 aromatic carbocycles. The Bertz CT molecular complexity index is 1700. The van der Waals surface area contributed by atoms with Crippen LogP contribution in [-0.2, 0) is 26.2 Å². The topological polar surface area (TPSA) is 40.5 Å². The summed E-state index contributed by atoms with van der Waals surface area (Å²) < 4.78 is 0. The minimum absolute atomic E-state index is 0. The summed E-state index contributed by atoms with van der Waals surface area (Å²) in [5, 5.41) is 31.6. The van der Waals surface area contributed by atoms with Gasteiger partial charge in [0.25, 0.3) is 0 Å². The predicted molar refractivity (Wildman–Crippen MR) is 234 cm³/mol. The van der Waals surface area contributed by atoms with Crippen LogP contribution in [0.25, 0.3) is 0 Å². The number of para-hydroxylation sites is 2. The van der Waals surface area contributed by atoms with Crippen LogP contribution in [0.3, 0.4) is 0 Å². The number of phenols is 2. The van der Waals surface area contributed by atoms with Gasteiger partial charge in [-0.15, -0.1) is 24.8 Å². The molecular weight excluding hydrogens is 817 g/mol. The molecule has 0 saturated carbocycles. The number of aromatic hydroxyl groups is 2. The maximum Gasteiger partial charge on any atom is 0.123 e. The molecule has 0 unspecified atom stereocenters. The zero-order chi connectivity index (χ0) is 34.3. The van der Waals surface area contributed by atoms with Gasteiger partial charge in [0.15, 0.2) is 0 Å². The van der Waals surface area contributed by atoms with E-state index in [9.17, 15) is 10.2 Å². The molecule has 0 fully saturated rings. The van der Waals surface area contributed by atoms with Crippen LogP contribution < -0.4 is 42.2 Å². The second-order valence-electron chi connectivity index (χ2n) is 13.9. The van der Waals surface area contributed by atoms with Crippen LogP contribution in [0, 0.1) is 0 Å². The number of hydrogen-bond donors (Lipinski definition) is 2. The first kappa shape index (κ1) is 44.8. The molecule has 0 saturated heterocycles. The Morgan fingerprint density at radius 2 is 0.588 bits per heavy atom. The second-order valence-corrected chi connectivity index (χ2v) is 28.3. The van der Waals surface area contributed by atoms with Crippen molar-refractivity contribution < 1.29 is 36.4 Å². The van der Waals surface area contributed by atoms with Crippen LogP contribution in [-0.4, -0.2) is 26.4 Å². The average molecular weight is 865 g/mol. The molecule has 0 aliphatic heterocycles. The van der Waals surface area contributed by atoms with Gasteiger partial charge in [-0.3, -0.25) is 0 Å². The van der Waals surface area contributed by atoms with E-state index >= 15 is 0 Å². The smallest absolute Gasteiger partial charge is 0.123 e. The molecule has 264 valence electrons. The van der Waals surface area contributed by atoms with Gasteiger partial charge in [-0.1, -0.05) is 197 Å². The van der Waals surface area contributed by atoms with Gasteiger partial charge in [0, 0.05) is 36.8 Å². The molecule has 0 bridgehead atoms. The van der Waals surface area contributed by atoms with Gasteiger partial charge in [-0.05, 0) is 47.4 Å². The Hall–Kier alpha value is -2.32. The zero-order valence-corrected chi connectivity index (χ0v) is 38.0. The van der Waals surface area contributed by atoms with Crippen molar-refractivity contribution in [3.63, 3.8) is 0 Å². The standard InChI is InChI=1S/2C21H23OPSi.2ClH.Zr/c2*1-24(2,3)20-16-10-15-19(21(20)22)23(17-11-6-4-7-12-17)18-13-8-5-9-14-18;;;/h2*4-16,22H,1-3H3;2*1H;. The summed E-state index contributed by atoms with van der Waals surface area (Å²) in [7, 11) is -4.71. The molecule has 0 radical (unpaired) electrons. The summed E-state index contributed by atoms with van der Waals surface area (Å²) >= 11 is 0. The van der Waals surface area contributed by atoms with Gasteiger partial charge in [0.05, 0.1) is 16.1 Å². The second kappa shape index (κ2) is 20.2. The Morgan fingerprint density at radius 3 is 0.804 bits per heavy atom. The SMILES string of the molecule is C[Si](C)(C)c1cccc(P(c2ccccc2)c2ccccc2)c1O.C[Si](C)(C)c1cccc(P(c2ccccc2)c2ccccc2)c1O.Cl.Cl.[Zr]. The van der Waals surface area contributed by atoms with Crippen molar-refractivity contribution in [2.24, 2.45) is 0 Å². The van der Waals surface area contributed by atoms with Crippen LogP contribution in [0.15, 0.2) is 158 Å². The Balaban J connectivity index is 0.000000334. The Kier molecular flexibility index (Phi) is 17.8. The van der Waals surface area contributed by atoms with Crippen molar-refractivity contribution in [3.8, 4) is 11.5 Å². The maximum atomic E-state index is 11.1. The van der Waals surface area contributed by atoms with Crippen molar-refractivity contribution in [3.05, 3.63) is 158 Å². The number of halogens is 2. The molecule has 6 rings (SSSR count). The predicted octanol–water partition coefficient (Wildman–Crippen LogP) is 8.23. The van der Waals surface area contributed by atoms with Crippen LogP contribution in [0.5, 0.6) is 11.5 Å². The van der Waals surface area contributed by atoms with E-state index in [4.69, 9.17) is 0 Å². The fourth-order valence-corrected chi connectivity index (χ4v) is 13.6. The van der Waals surface area contributed by atoms with Gasteiger partial charge in [-0.2, -0.15) is 0 Å². The fraction of sp³-hybridized carbons (Fsp3) is 0.143. The van der Waals surface area contributed by atoms with E-state index in [1.165, 1.54) is 21.2 Å². The minimum Gasteiger partial charge on any atom is -0.507 e. The van der Waals surface area contributed by atoms with Crippen LogP contribution >= 0.6 is 40.7 Å². The molecule has 2 nitrogen and oxygen atoms in total. The summed E-state index contributed by atoms with van der Waals surface area (Å²) in [5.41, 5.74) is 0. The van der Waals surface area contributed by atoms with Crippen LogP contribution in [0.2, 0.25) is 39.3 Å². The van der Waals surface area contributed by atoms with Gasteiger partial charge in [0.1, 0.15) is 11.5 Å². The number of benzene rings is 6. The molecular formula is C42H48Cl2O2P2Si2Zr. The van der Waals surface area contributed by atoms with Crippen molar-refractivity contribution in [2.75, 3.05) is 0 Å². The molecule has 0 aliphatic rings. The van der Waals surface area contributed by atoms with Gasteiger partial charge in [0.2, 0.25) is 0 Å². The van der Waals surface area contributed by atoms with Gasteiger partial charge >= 0.3 is 0 Å². The largest absolute Gasteiger partial charge is 0.507 e. The fourth-order valence-electron chi connectivity index (χ4n) is 5.80. The normalized spacial score (nSPS) is 11.0. The molecule has 0 heterocycles. The minimum atomic E-state index is -1.60. The third-order valence-electron chi connectivity index (χ3n) is 8.18. The van der Waals surface area contributed by atoms with E-state index in [2.05, 4.69) is 173 Å². The molecule has 6 aromatic rings. The molecule has 0 aromatic heterocycles. The van der Waals surface area contributed by atoms with Gasteiger partial charge in [-0.25, -0.2) is 0 Å². The molecule has 9 heteroatoms. The quantitative estimate of drug-likeness (QED) is 0.120. The summed E-state index contributed by atoms with van der Waals surface area (Å²) in [6.45, 7) is 13.7. The van der Waals surface area contributed by atoms with Crippen LogP contribution in [0.1, 0.15) is 0 Å². The third kappa shape index (κ3) is 11.3. The van der Waals surface area contributed by atoms with Crippen molar-refractivity contribution in [2.45, 2.75) is 39.3 Å². The average Bonchev–Trinajstić information content (AvgIpc) is 3.08. The zero-order valence-electron chi connectivity index (χ0n) is 30.1. The van der Waals surface area contributed by atoms with E-state index in [0.29, 0.717) is 11.5 Å².